The van der Waals surface area contributed by atoms with Gasteiger partial charge in [0.05, 0.1) is 0 Å². The lowest BCUT2D eigenvalue weighted by Crippen LogP contribution is -2.33. The molecule has 0 heterocycles. The van der Waals surface area contributed by atoms with Crippen LogP contribution in [0.4, 0.5) is 0 Å². The minimum Gasteiger partial charge on any atom is -0.381 e. The van der Waals surface area contributed by atoms with Gasteiger partial charge in [0.2, 0.25) is 0 Å². The predicted octanol–water partition coefficient (Wildman–Crippen LogP) is 3.75. The molecular weight excluding hydrogens is 210 g/mol. The zero-order chi connectivity index (χ0) is 12.3. The van der Waals surface area contributed by atoms with Crippen molar-refractivity contribution in [1.29, 1.82) is 0 Å². The van der Waals surface area contributed by atoms with Crippen molar-refractivity contribution in [3.8, 4) is 0 Å². The van der Waals surface area contributed by atoms with Gasteiger partial charge in [0, 0.05) is 19.3 Å². The van der Waals surface area contributed by atoms with Gasteiger partial charge in [-0.05, 0) is 44.6 Å². The first kappa shape index (κ1) is 15.0. The van der Waals surface area contributed by atoms with Crippen molar-refractivity contribution in [2.45, 2.75) is 71.3 Å². The maximum absolute atomic E-state index is 5.72. The molecule has 0 aromatic carbocycles. The van der Waals surface area contributed by atoms with Gasteiger partial charge in [0.1, 0.15) is 0 Å². The fourth-order valence-electron chi connectivity index (χ4n) is 2.77. The average Bonchev–Trinajstić information content (AvgIpc) is 2.78. The lowest BCUT2D eigenvalue weighted by atomic mass is 10.00. The van der Waals surface area contributed by atoms with E-state index in [1.165, 1.54) is 57.9 Å². The maximum Gasteiger partial charge on any atom is 0.0469 e. The molecule has 0 radical (unpaired) electrons. The minimum absolute atomic E-state index is 0.772. The zero-order valence-electron chi connectivity index (χ0n) is 11.8. The third-order valence-electron chi connectivity index (χ3n) is 3.84. The summed E-state index contributed by atoms with van der Waals surface area (Å²) in [4.78, 5) is 0. The molecule has 2 unspecified atom stereocenters. The molecule has 0 amide bonds. The van der Waals surface area contributed by atoms with Crippen molar-refractivity contribution in [3.05, 3.63) is 0 Å². The van der Waals surface area contributed by atoms with E-state index in [1.807, 2.05) is 0 Å². The molecule has 0 aromatic heterocycles. The van der Waals surface area contributed by atoms with Crippen LogP contribution in [0.1, 0.15) is 65.2 Å². The summed E-state index contributed by atoms with van der Waals surface area (Å²) in [5.41, 5.74) is 0. The Morgan fingerprint density at radius 2 is 1.94 bits per heavy atom. The van der Waals surface area contributed by atoms with E-state index in [9.17, 15) is 0 Å². The number of rotatable bonds is 10. The Hall–Kier alpha value is -0.0800. The van der Waals surface area contributed by atoms with E-state index in [2.05, 4.69) is 19.2 Å². The Balaban J connectivity index is 2.00. The van der Waals surface area contributed by atoms with Crippen molar-refractivity contribution < 1.29 is 4.74 Å². The molecule has 1 N–H and O–H groups in total. The lowest BCUT2D eigenvalue weighted by Gasteiger charge is -2.20. The molecule has 1 aliphatic rings. The van der Waals surface area contributed by atoms with Crippen LogP contribution in [-0.4, -0.2) is 25.8 Å². The molecule has 0 bridgehead atoms. The maximum atomic E-state index is 5.72. The molecular formula is C15H31NO. The summed E-state index contributed by atoms with van der Waals surface area (Å²) in [5.74, 6) is 0.868. The van der Waals surface area contributed by atoms with Gasteiger partial charge in [-0.1, -0.05) is 33.1 Å². The van der Waals surface area contributed by atoms with Crippen LogP contribution < -0.4 is 5.32 Å². The number of ether oxygens (including phenoxy) is 1. The van der Waals surface area contributed by atoms with Crippen molar-refractivity contribution in [2.75, 3.05) is 19.8 Å². The highest BCUT2D eigenvalue weighted by atomic mass is 16.5. The summed E-state index contributed by atoms with van der Waals surface area (Å²) in [6, 6.07) is 0.772. The number of nitrogens with one attached hydrogen (secondary N) is 1. The molecule has 2 atom stereocenters. The molecule has 0 aromatic rings. The Morgan fingerprint density at radius 3 is 2.71 bits per heavy atom. The topological polar surface area (TPSA) is 21.3 Å². The third kappa shape index (κ3) is 6.42. The number of hydrogen-bond acceptors (Lipinski definition) is 2. The van der Waals surface area contributed by atoms with Gasteiger partial charge in [-0.2, -0.15) is 0 Å². The SMILES string of the molecule is CCCCCOCCC1CCCC1NCCC. The first-order chi connectivity index (χ1) is 8.38. The van der Waals surface area contributed by atoms with Gasteiger partial charge in [-0.25, -0.2) is 0 Å². The average molecular weight is 241 g/mol. The van der Waals surface area contributed by atoms with Crippen LogP contribution in [0.2, 0.25) is 0 Å². The third-order valence-corrected chi connectivity index (χ3v) is 3.84. The van der Waals surface area contributed by atoms with Crippen molar-refractivity contribution >= 4 is 0 Å². The van der Waals surface area contributed by atoms with Crippen molar-refractivity contribution in [3.63, 3.8) is 0 Å². The van der Waals surface area contributed by atoms with Gasteiger partial charge >= 0.3 is 0 Å². The fraction of sp³-hybridized carbons (Fsp3) is 1.00. The normalized spacial score (nSPS) is 24.4. The summed E-state index contributed by atoms with van der Waals surface area (Å²) in [5, 5.41) is 3.69. The van der Waals surface area contributed by atoms with Crippen LogP contribution in [0.15, 0.2) is 0 Å². The van der Waals surface area contributed by atoms with E-state index in [4.69, 9.17) is 4.74 Å². The predicted molar refractivity (Wildman–Crippen MR) is 74.4 cm³/mol. The van der Waals surface area contributed by atoms with E-state index in [0.29, 0.717) is 0 Å². The monoisotopic (exact) mass is 241 g/mol. The van der Waals surface area contributed by atoms with Crippen molar-refractivity contribution in [1.82, 2.24) is 5.32 Å². The minimum atomic E-state index is 0.772. The number of unbranched alkanes of at least 4 members (excludes halogenated alkanes) is 2. The molecule has 17 heavy (non-hydrogen) atoms. The molecule has 1 fully saturated rings. The van der Waals surface area contributed by atoms with Crippen LogP contribution in [0.25, 0.3) is 0 Å². The fourth-order valence-corrected chi connectivity index (χ4v) is 2.77. The molecule has 102 valence electrons. The van der Waals surface area contributed by atoms with Crippen LogP contribution in [0, 0.1) is 5.92 Å². The van der Waals surface area contributed by atoms with E-state index in [-0.39, 0.29) is 0 Å². The summed E-state index contributed by atoms with van der Waals surface area (Å²) >= 11 is 0. The van der Waals surface area contributed by atoms with Crippen LogP contribution in [0.3, 0.4) is 0 Å². The summed E-state index contributed by atoms with van der Waals surface area (Å²) in [7, 11) is 0. The van der Waals surface area contributed by atoms with E-state index >= 15 is 0 Å². The van der Waals surface area contributed by atoms with Crippen LogP contribution in [0.5, 0.6) is 0 Å². The van der Waals surface area contributed by atoms with Crippen LogP contribution >= 0.6 is 0 Å². The molecule has 2 nitrogen and oxygen atoms in total. The van der Waals surface area contributed by atoms with Gasteiger partial charge in [-0.15, -0.1) is 0 Å². The Morgan fingerprint density at radius 1 is 1.06 bits per heavy atom. The molecule has 2 heteroatoms. The molecule has 0 saturated heterocycles. The Kier molecular flexibility index (Phi) is 8.72. The second-order valence-corrected chi connectivity index (χ2v) is 5.36. The quantitative estimate of drug-likeness (QED) is 0.588. The standard InChI is InChI=1S/C15H31NO/c1-3-5-6-12-17-13-10-14-8-7-9-15(14)16-11-4-2/h14-16H,3-13H2,1-2H3. The zero-order valence-corrected chi connectivity index (χ0v) is 11.8. The summed E-state index contributed by atoms with van der Waals surface area (Å²) in [6.07, 6.45) is 10.5. The first-order valence-corrected chi connectivity index (χ1v) is 7.69. The van der Waals surface area contributed by atoms with E-state index < -0.39 is 0 Å². The highest BCUT2D eigenvalue weighted by molar-refractivity contribution is 4.82. The highest BCUT2D eigenvalue weighted by Gasteiger charge is 2.25. The summed E-state index contributed by atoms with van der Waals surface area (Å²) < 4.78 is 5.72. The van der Waals surface area contributed by atoms with Gasteiger partial charge in [-0.3, -0.25) is 0 Å². The van der Waals surface area contributed by atoms with E-state index in [1.54, 1.807) is 0 Å². The molecule has 1 saturated carbocycles. The first-order valence-electron chi connectivity index (χ1n) is 7.69. The largest absolute Gasteiger partial charge is 0.381 e. The molecule has 1 rings (SSSR count). The van der Waals surface area contributed by atoms with Gasteiger partial charge in [0.25, 0.3) is 0 Å². The molecule has 1 aliphatic carbocycles. The second kappa shape index (κ2) is 9.90. The Bertz CT molecular complexity index is 172. The second-order valence-electron chi connectivity index (χ2n) is 5.36. The summed E-state index contributed by atoms with van der Waals surface area (Å²) in [6.45, 7) is 7.60. The van der Waals surface area contributed by atoms with Gasteiger partial charge < -0.3 is 10.1 Å². The molecule has 0 spiro atoms. The van der Waals surface area contributed by atoms with E-state index in [0.717, 1.165) is 25.2 Å². The smallest absolute Gasteiger partial charge is 0.0469 e. The van der Waals surface area contributed by atoms with Gasteiger partial charge in [0.15, 0.2) is 0 Å². The van der Waals surface area contributed by atoms with Crippen molar-refractivity contribution in [2.24, 2.45) is 5.92 Å². The lowest BCUT2D eigenvalue weighted by molar-refractivity contribution is 0.113. The highest BCUT2D eigenvalue weighted by Crippen LogP contribution is 2.28. The number of hydrogen-bond donors (Lipinski definition) is 1. The molecule has 0 aliphatic heterocycles. The Labute approximate surface area is 108 Å². The van der Waals surface area contributed by atoms with Crippen LogP contribution in [-0.2, 0) is 4.74 Å².